The SMILES string of the molecule is CC/C=C\C/C=C\C/C=C\C/C=C\C/C=C\C/C=C\C/C=C\C/C=C\CCCCC(=O)OCC(COC(=O)CCCCCCC/C=C\CCCCCC)OC(=O)CCCCCCCCC/C=C\C/C=C\C/C=C\C/C=C\C/C=C\CC. The van der Waals surface area contributed by atoms with Crippen LogP contribution in [0.15, 0.2) is 170 Å². The van der Waals surface area contributed by atoms with Gasteiger partial charge in [0.2, 0.25) is 0 Å². The summed E-state index contributed by atoms with van der Waals surface area (Å²) in [6.45, 7) is 6.34. The minimum atomic E-state index is -0.816. The van der Waals surface area contributed by atoms with Gasteiger partial charge in [-0.1, -0.05) is 262 Å². The second-order valence-electron chi connectivity index (χ2n) is 20.9. The molecular weight excluding hydrogens is 997 g/mol. The fourth-order valence-corrected chi connectivity index (χ4v) is 8.36. The fraction of sp³-hybridized carbons (Fsp3) is 0.587. The molecule has 6 nitrogen and oxygen atoms in total. The van der Waals surface area contributed by atoms with Crippen molar-refractivity contribution in [3.8, 4) is 0 Å². The van der Waals surface area contributed by atoms with E-state index in [1.807, 2.05) is 0 Å². The maximum absolute atomic E-state index is 12.9. The van der Waals surface area contributed by atoms with E-state index in [2.05, 4.69) is 191 Å². The quantitative estimate of drug-likeness (QED) is 0.0261. The number of carbonyl (C=O) groups excluding carboxylic acids is 3. The van der Waals surface area contributed by atoms with Crippen molar-refractivity contribution in [2.24, 2.45) is 0 Å². The largest absolute Gasteiger partial charge is 0.462 e. The molecule has 0 N–H and O–H groups in total. The summed E-state index contributed by atoms with van der Waals surface area (Å²) in [4.78, 5) is 38.3. The Morgan fingerprint density at radius 3 is 0.790 bits per heavy atom. The van der Waals surface area contributed by atoms with Crippen molar-refractivity contribution in [1.82, 2.24) is 0 Å². The summed E-state index contributed by atoms with van der Waals surface area (Å²) in [7, 11) is 0. The maximum Gasteiger partial charge on any atom is 0.306 e. The number of hydrogen-bond donors (Lipinski definition) is 0. The Labute approximate surface area is 498 Å². The van der Waals surface area contributed by atoms with Gasteiger partial charge in [0.1, 0.15) is 13.2 Å². The van der Waals surface area contributed by atoms with Crippen molar-refractivity contribution < 1.29 is 28.6 Å². The molecule has 6 heteroatoms. The first kappa shape index (κ1) is 75.8. The van der Waals surface area contributed by atoms with Gasteiger partial charge in [-0.15, -0.1) is 0 Å². The van der Waals surface area contributed by atoms with Crippen molar-refractivity contribution >= 4 is 17.9 Å². The lowest BCUT2D eigenvalue weighted by molar-refractivity contribution is -0.167. The lowest BCUT2D eigenvalue weighted by atomic mass is 10.1. The average Bonchev–Trinajstić information content (AvgIpc) is 3.46. The molecule has 0 aromatic heterocycles. The van der Waals surface area contributed by atoms with Crippen LogP contribution in [0.5, 0.6) is 0 Å². The van der Waals surface area contributed by atoms with Gasteiger partial charge in [-0.3, -0.25) is 14.4 Å². The molecule has 0 rings (SSSR count). The molecular formula is C75H118O6. The van der Waals surface area contributed by atoms with Crippen LogP contribution >= 0.6 is 0 Å². The molecule has 0 aliphatic rings. The minimum absolute atomic E-state index is 0.108. The van der Waals surface area contributed by atoms with Gasteiger partial charge in [-0.2, -0.15) is 0 Å². The molecule has 0 saturated heterocycles. The predicted molar refractivity (Wildman–Crippen MR) is 352 cm³/mol. The molecule has 0 aliphatic heterocycles. The monoisotopic (exact) mass is 1110 g/mol. The zero-order chi connectivity index (χ0) is 58.5. The number of ether oxygens (including phenoxy) is 3. The van der Waals surface area contributed by atoms with Gasteiger partial charge in [0, 0.05) is 19.3 Å². The summed E-state index contributed by atoms with van der Waals surface area (Å²) < 4.78 is 16.9. The molecule has 0 saturated carbocycles. The molecule has 0 fully saturated rings. The van der Waals surface area contributed by atoms with Crippen LogP contribution in [0.4, 0.5) is 0 Å². The highest BCUT2D eigenvalue weighted by Crippen LogP contribution is 2.14. The summed E-state index contributed by atoms with van der Waals surface area (Å²) >= 11 is 0. The van der Waals surface area contributed by atoms with Gasteiger partial charge in [0.05, 0.1) is 0 Å². The summed E-state index contributed by atoms with van der Waals surface area (Å²) in [5.41, 5.74) is 0. The Bertz CT molecular complexity index is 1860. The lowest BCUT2D eigenvalue weighted by Crippen LogP contribution is -2.30. The zero-order valence-electron chi connectivity index (χ0n) is 52.0. The molecule has 1 atom stereocenters. The third kappa shape index (κ3) is 65.5. The predicted octanol–water partition coefficient (Wildman–Crippen LogP) is 22.7. The second-order valence-corrected chi connectivity index (χ2v) is 20.9. The third-order valence-corrected chi connectivity index (χ3v) is 13.2. The Morgan fingerprint density at radius 1 is 0.259 bits per heavy atom. The molecule has 81 heavy (non-hydrogen) atoms. The van der Waals surface area contributed by atoms with Gasteiger partial charge >= 0.3 is 17.9 Å². The van der Waals surface area contributed by atoms with Gasteiger partial charge in [0.15, 0.2) is 6.10 Å². The third-order valence-electron chi connectivity index (χ3n) is 13.2. The maximum atomic E-state index is 12.9. The van der Waals surface area contributed by atoms with E-state index in [0.717, 1.165) is 161 Å². The van der Waals surface area contributed by atoms with Crippen molar-refractivity contribution in [2.75, 3.05) is 13.2 Å². The molecule has 0 heterocycles. The second kappa shape index (κ2) is 67.3. The van der Waals surface area contributed by atoms with Crippen LogP contribution in [0, 0.1) is 0 Å². The van der Waals surface area contributed by atoms with Gasteiger partial charge in [0.25, 0.3) is 0 Å². The number of allylic oxidation sites excluding steroid dienone is 28. The molecule has 0 aliphatic carbocycles. The van der Waals surface area contributed by atoms with Crippen LogP contribution in [-0.4, -0.2) is 37.2 Å². The first-order chi connectivity index (χ1) is 40.0. The molecule has 0 radical (unpaired) electrons. The van der Waals surface area contributed by atoms with E-state index >= 15 is 0 Å². The normalized spacial score (nSPS) is 13.3. The van der Waals surface area contributed by atoms with Crippen LogP contribution in [0.3, 0.4) is 0 Å². The van der Waals surface area contributed by atoms with E-state index in [9.17, 15) is 14.4 Å². The summed E-state index contributed by atoms with van der Waals surface area (Å²) in [6.07, 6.45) is 99.3. The molecule has 454 valence electrons. The highest BCUT2D eigenvalue weighted by Gasteiger charge is 2.19. The molecule has 0 aromatic carbocycles. The standard InChI is InChI=1S/C75H118O6/c1-4-7-10-13-16-19-22-25-27-29-31-33-35-36-37-38-40-41-43-45-47-50-53-56-59-62-65-68-74(77)80-71-72(70-79-73(76)67-64-61-58-55-52-49-24-21-18-15-12-9-6-3)81-75(78)69-66-63-60-57-54-51-48-46-44-42-39-34-32-30-28-26-23-20-17-14-11-8-5-2/h7-8,10-11,16-17,19-21,24-28,31-34,36-37,40-42,44-45,47,53,56,72H,4-6,9,12-15,18,22-23,29-30,35,38-39,43,46,48-52,54-55,57-71H2,1-3H3/b10-7-,11-8-,19-16-,20-17-,24-21-,27-25-,28-26-,33-31-,34-32-,37-36-,41-40-,44-42-,47-45-,56-53-. The van der Waals surface area contributed by atoms with Crippen LogP contribution in [0.25, 0.3) is 0 Å². The van der Waals surface area contributed by atoms with E-state index in [0.29, 0.717) is 25.7 Å². The average molecular weight is 1120 g/mol. The van der Waals surface area contributed by atoms with E-state index in [4.69, 9.17) is 14.2 Å². The molecule has 0 bridgehead atoms. The van der Waals surface area contributed by atoms with E-state index in [-0.39, 0.29) is 31.1 Å². The molecule has 0 amide bonds. The van der Waals surface area contributed by atoms with Crippen LogP contribution < -0.4 is 0 Å². The molecule has 0 spiro atoms. The first-order valence-electron chi connectivity index (χ1n) is 32.6. The Morgan fingerprint density at radius 2 is 0.481 bits per heavy atom. The Balaban J connectivity index is 4.48. The summed E-state index contributed by atoms with van der Waals surface area (Å²) in [6, 6.07) is 0. The zero-order valence-corrected chi connectivity index (χ0v) is 52.0. The number of unbranched alkanes of at least 4 members (excludes halogenated alkanes) is 18. The first-order valence-corrected chi connectivity index (χ1v) is 32.6. The molecule has 0 aromatic rings. The number of esters is 3. The topological polar surface area (TPSA) is 78.9 Å². The highest BCUT2D eigenvalue weighted by molar-refractivity contribution is 5.71. The van der Waals surface area contributed by atoms with E-state index < -0.39 is 6.10 Å². The van der Waals surface area contributed by atoms with Crippen molar-refractivity contribution in [2.45, 2.75) is 271 Å². The summed E-state index contributed by atoms with van der Waals surface area (Å²) in [5, 5.41) is 0. The Hall–Kier alpha value is -5.23. The van der Waals surface area contributed by atoms with Crippen molar-refractivity contribution in [3.63, 3.8) is 0 Å². The summed E-state index contributed by atoms with van der Waals surface area (Å²) in [5.74, 6) is -0.977. The van der Waals surface area contributed by atoms with Gasteiger partial charge in [-0.05, 0) is 154 Å². The number of carbonyl (C=O) groups is 3. The van der Waals surface area contributed by atoms with Crippen molar-refractivity contribution in [1.29, 1.82) is 0 Å². The number of rotatable bonds is 57. The van der Waals surface area contributed by atoms with Crippen LogP contribution in [0.1, 0.15) is 265 Å². The van der Waals surface area contributed by atoms with Crippen LogP contribution in [-0.2, 0) is 28.6 Å². The van der Waals surface area contributed by atoms with Gasteiger partial charge < -0.3 is 14.2 Å². The van der Waals surface area contributed by atoms with Gasteiger partial charge in [-0.25, -0.2) is 0 Å². The number of hydrogen-bond acceptors (Lipinski definition) is 6. The van der Waals surface area contributed by atoms with Crippen molar-refractivity contribution in [3.05, 3.63) is 170 Å². The smallest absolute Gasteiger partial charge is 0.306 e. The van der Waals surface area contributed by atoms with E-state index in [1.54, 1.807) is 0 Å². The van der Waals surface area contributed by atoms with Crippen LogP contribution in [0.2, 0.25) is 0 Å². The molecule has 1 unspecified atom stereocenters. The lowest BCUT2D eigenvalue weighted by Gasteiger charge is -2.18. The Kier molecular flexibility index (Phi) is 62.9. The highest BCUT2D eigenvalue weighted by atomic mass is 16.6. The fourth-order valence-electron chi connectivity index (χ4n) is 8.36. The van der Waals surface area contributed by atoms with E-state index in [1.165, 1.54) is 57.8 Å². The minimum Gasteiger partial charge on any atom is -0.462 e.